The van der Waals surface area contributed by atoms with Crippen molar-refractivity contribution in [3.8, 4) is 0 Å². The largest absolute Gasteiger partial charge is 0.465 e. The van der Waals surface area contributed by atoms with E-state index in [0.717, 1.165) is 5.56 Å². The van der Waals surface area contributed by atoms with Gasteiger partial charge in [0.1, 0.15) is 0 Å². The number of nitrogens with two attached hydrogens (primary N) is 1. The van der Waals surface area contributed by atoms with Crippen LogP contribution in [0.5, 0.6) is 0 Å². The van der Waals surface area contributed by atoms with Crippen LogP contribution in [0.3, 0.4) is 0 Å². The molecule has 0 aliphatic heterocycles. The number of amides is 1. The van der Waals surface area contributed by atoms with Crippen LogP contribution in [-0.2, 0) is 6.42 Å². The second-order valence-corrected chi connectivity index (χ2v) is 3.77. The van der Waals surface area contributed by atoms with E-state index in [0.29, 0.717) is 19.5 Å². The molecule has 0 unspecified atom stereocenters. The molecule has 1 amide bonds. The van der Waals surface area contributed by atoms with Crippen molar-refractivity contribution in [1.29, 1.82) is 0 Å². The standard InChI is InChI=1S/C12H18N2O2/c1-2-14(12(15)16)9-11(13)8-10-6-4-3-5-7-10/h3-7,11H,2,8-9,13H2,1H3,(H,15,16)/t11-/m1/s1. The molecular formula is C12H18N2O2. The average Bonchev–Trinajstić information content (AvgIpc) is 2.27. The fourth-order valence-corrected chi connectivity index (χ4v) is 1.61. The van der Waals surface area contributed by atoms with Crippen LogP contribution in [0.4, 0.5) is 4.79 Å². The molecule has 4 nitrogen and oxygen atoms in total. The van der Waals surface area contributed by atoms with Gasteiger partial charge in [-0.05, 0) is 18.9 Å². The molecule has 0 heterocycles. The highest BCUT2D eigenvalue weighted by Crippen LogP contribution is 2.03. The third kappa shape index (κ3) is 3.90. The lowest BCUT2D eigenvalue weighted by atomic mass is 10.1. The minimum atomic E-state index is -0.911. The van der Waals surface area contributed by atoms with E-state index < -0.39 is 6.09 Å². The van der Waals surface area contributed by atoms with Gasteiger partial charge < -0.3 is 15.7 Å². The highest BCUT2D eigenvalue weighted by atomic mass is 16.4. The Hall–Kier alpha value is -1.55. The summed E-state index contributed by atoms with van der Waals surface area (Å²) < 4.78 is 0. The lowest BCUT2D eigenvalue weighted by molar-refractivity contribution is 0.144. The Morgan fingerprint density at radius 3 is 2.56 bits per heavy atom. The fraction of sp³-hybridized carbons (Fsp3) is 0.417. The molecule has 1 rings (SSSR count). The SMILES string of the molecule is CCN(C[C@H](N)Cc1ccccc1)C(=O)O. The fourth-order valence-electron chi connectivity index (χ4n) is 1.61. The molecule has 0 saturated carbocycles. The minimum Gasteiger partial charge on any atom is -0.465 e. The summed E-state index contributed by atoms with van der Waals surface area (Å²) in [6, 6.07) is 9.70. The first kappa shape index (κ1) is 12.5. The highest BCUT2D eigenvalue weighted by molar-refractivity contribution is 5.64. The third-order valence-corrected chi connectivity index (χ3v) is 2.45. The Labute approximate surface area is 95.7 Å². The van der Waals surface area contributed by atoms with Crippen LogP contribution in [-0.4, -0.2) is 35.2 Å². The van der Waals surface area contributed by atoms with Gasteiger partial charge in [-0.1, -0.05) is 30.3 Å². The molecule has 0 fully saturated rings. The van der Waals surface area contributed by atoms with Gasteiger partial charge in [0.05, 0.1) is 0 Å². The number of hydrogen-bond acceptors (Lipinski definition) is 2. The normalized spacial score (nSPS) is 12.1. The van der Waals surface area contributed by atoms with E-state index >= 15 is 0 Å². The third-order valence-electron chi connectivity index (χ3n) is 2.45. The number of hydrogen-bond donors (Lipinski definition) is 2. The Bertz CT molecular complexity index is 327. The first-order valence-corrected chi connectivity index (χ1v) is 5.40. The van der Waals surface area contributed by atoms with E-state index in [1.165, 1.54) is 4.90 Å². The molecule has 0 saturated heterocycles. The van der Waals surface area contributed by atoms with Crippen molar-refractivity contribution >= 4 is 6.09 Å². The van der Waals surface area contributed by atoms with E-state index in [2.05, 4.69) is 0 Å². The van der Waals surface area contributed by atoms with E-state index in [1.807, 2.05) is 37.3 Å². The van der Waals surface area contributed by atoms with Crippen molar-refractivity contribution in [2.45, 2.75) is 19.4 Å². The first-order chi connectivity index (χ1) is 7.63. The maximum Gasteiger partial charge on any atom is 0.407 e. The molecule has 1 atom stereocenters. The average molecular weight is 222 g/mol. The number of rotatable bonds is 5. The maximum atomic E-state index is 10.8. The zero-order valence-electron chi connectivity index (χ0n) is 9.47. The summed E-state index contributed by atoms with van der Waals surface area (Å²) in [6.45, 7) is 2.65. The van der Waals surface area contributed by atoms with E-state index in [1.54, 1.807) is 0 Å². The Balaban J connectivity index is 2.47. The molecule has 0 aromatic heterocycles. The van der Waals surface area contributed by atoms with E-state index in [9.17, 15) is 4.79 Å². The molecule has 1 aromatic carbocycles. The van der Waals surface area contributed by atoms with Gasteiger partial charge in [0.2, 0.25) is 0 Å². The van der Waals surface area contributed by atoms with Crippen LogP contribution in [0.15, 0.2) is 30.3 Å². The molecule has 1 aromatic rings. The number of nitrogens with zero attached hydrogens (tertiary/aromatic N) is 1. The molecular weight excluding hydrogens is 204 g/mol. The molecule has 0 bridgehead atoms. The van der Waals surface area contributed by atoms with Gasteiger partial charge in [0, 0.05) is 19.1 Å². The molecule has 3 N–H and O–H groups in total. The number of carbonyl (C=O) groups is 1. The first-order valence-electron chi connectivity index (χ1n) is 5.40. The smallest absolute Gasteiger partial charge is 0.407 e. The molecule has 0 aliphatic carbocycles. The topological polar surface area (TPSA) is 66.6 Å². The number of carboxylic acid groups (broad SMARTS) is 1. The summed E-state index contributed by atoms with van der Waals surface area (Å²) in [5, 5.41) is 8.86. The van der Waals surface area contributed by atoms with Crippen molar-refractivity contribution < 1.29 is 9.90 Å². The summed E-state index contributed by atoms with van der Waals surface area (Å²) in [4.78, 5) is 12.1. The van der Waals surface area contributed by atoms with Gasteiger partial charge in [-0.2, -0.15) is 0 Å². The Morgan fingerprint density at radius 1 is 1.44 bits per heavy atom. The lowest BCUT2D eigenvalue weighted by Crippen LogP contribution is -2.41. The van der Waals surface area contributed by atoms with Crippen LogP contribution in [0, 0.1) is 0 Å². The molecule has 4 heteroatoms. The summed E-state index contributed by atoms with van der Waals surface area (Å²) in [7, 11) is 0. The second kappa shape index (κ2) is 6.12. The van der Waals surface area contributed by atoms with E-state index in [-0.39, 0.29) is 6.04 Å². The molecule has 0 spiro atoms. The summed E-state index contributed by atoms with van der Waals surface area (Å²) in [5.74, 6) is 0. The maximum absolute atomic E-state index is 10.8. The van der Waals surface area contributed by atoms with Gasteiger partial charge in [-0.3, -0.25) is 0 Å². The van der Waals surface area contributed by atoms with Crippen molar-refractivity contribution in [2.24, 2.45) is 5.73 Å². The minimum absolute atomic E-state index is 0.154. The predicted molar refractivity (Wildman–Crippen MR) is 63.4 cm³/mol. The van der Waals surface area contributed by atoms with Gasteiger partial charge in [-0.15, -0.1) is 0 Å². The van der Waals surface area contributed by atoms with Gasteiger partial charge in [0.25, 0.3) is 0 Å². The van der Waals surface area contributed by atoms with E-state index in [4.69, 9.17) is 10.8 Å². The van der Waals surface area contributed by atoms with Gasteiger partial charge >= 0.3 is 6.09 Å². The van der Waals surface area contributed by atoms with Crippen LogP contribution in [0.1, 0.15) is 12.5 Å². The summed E-state index contributed by atoms with van der Waals surface area (Å²) in [5.41, 5.74) is 7.05. The lowest BCUT2D eigenvalue weighted by Gasteiger charge is -2.21. The van der Waals surface area contributed by atoms with Crippen molar-refractivity contribution in [3.05, 3.63) is 35.9 Å². The molecule has 0 radical (unpaired) electrons. The van der Waals surface area contributed by atoms with Crippen LogP contribution in [0.25, 0.3) is 0 Å². The Kier molecular flexibility index (Phi) is 4.79. The summed E-state index contributed by atoms with van der Waals surface area (Å²) >= 11 is 0. The quantitative estimate of drug-likeness (QED) is 0.794. The summed E-state index contributed by atoms with van der Waals surface area (Å²) in [6.07, 6.45) is -0.212. The van der Waals surface area contributed by atoms with Crippen LogP contribution >= 0.6 is 0 Å². The highest BCUT2D eigenvalue weighted by Gasteiger charge is 2.13. The van der Waals surface area contributed by atoms with Gasteiger partial charge in [-0.25, -0.2) is 4.79 Å². The zero-order valence-corrected chi connectivity index (χ0v) is 9.47. The van der Waals surface area contributed by atoms with Crippen molar-refractivity contribution in [1.82, 2.24) is 4.90 Å². The molecule has 88 valence electrons. The van der Waals surface area contributed by atoms with Crippen molar-refractivity contribution in [2.75, 3.05) is 13.1 Å². The van der Waals surface area contributed by atoms with Gasteiger partial charge in [0.15, 0.2) is 0 Å². The van der Waals surface area contributed by atoms with Crippen molar-refractivity contribution in [3.63, 3.8) is 0 Å². The van der Waals surface area contributed by atoms with Crippen LogP contribution in [0.2, 0.25) is 0 Å². The molecule has 0 aliphatic rings. The number of benzene rings is 1. The van der Waals surface area contributed by atoms with Crippen LogP contribution < -0.4 is 5.73 Å². The Morgan fingerprint density at radius 2 is 2.06 bits per heavy atom. The zero-order chi connectivity index (χ0) is 12.0. The molecule has 16 heavy (non-hydrogen) atoms. The second-order valence-electron chi connectivity index (χ2n) is 3.77. The predicted octanol–water partition coefficient (Wildman–Crippen LogP) is 1.56. The monoisotopic (exact) mass is 222 g/mol. The number of likely N-dealkylation sites (N-methyl/N-ethyl adjacent to an activating group) is 1.